The van der Waals surface area contributed by atoms with Crippen molar-refractivity contribution < 1.29 is 34.4 Å². The minimum absolute atomic E-state index is 0.0115. The molecule has 3 aliphatic carbocycles. The van der Waals surface area contributed by atoms with Crippen LogP contribution in [0.2, 0.25) is 0 Å². The molecule has 0 spiro atoms. The number of nitrogens with one attached hydrogen (secondary N) is 1. The summed E-state index contributed by atoms with van der Waals surface area (Å²) in [6, 6.07) is 2.77. The zero-order valence-corrected chi connectivity index (χ0v) is 22.1. The second kappa shape index (κ2) is 11.6. The third kappa shape index (κ3) is 5.03. The van der Waals surface area contributed by atoms with Gasteiger partial charge in [0.1, 0.15) is 12.2 Å². The molecule has 9 nitrogen and oxygen atoms in total. The van der Waals surface area contributed by atoms with Gasteiger partial charge < -0.3 is 35.0 Å². The van der Waals surface area contributed by atoms with E-state index in [9.17, 15) is 24.9 Å². The maximum atomic E-state index is 13.8. The Hall–Kier alpha value is -2.62. The molecular formula is C29H40N2O7. The normalized spacial score (nSPS) is 26.9. The lowest BCUT2D eigenvalue weighted by molar-refractivity contribution is -0.141. The van der Waals surface area contributed by atoms with E-state index in [4.69, 9.17) is 9.47 Å². The van der Waals surface area contributed by atoms with Crippen LogP contribution in [0.1, 0.15) is 74.8 Å². The molecule has 9 heteroatoms. The highest BCUT2D eigenvalue weighted by Gasteiger charge is 2.52. The molecule has 4 aliphatic rings. The highest BCUT2D eigenvalue weighted by atomic mass is 16.5. The number of aliphatic hydroxyl groups excluding tert-OH is 3. The topological polar surface area (TPSA) is 129 Å². The van der Waals surface area contributed by atoms with Gasteiger partial charge in [-0.3, -0.25) is 9.59 Å². The summed E-state index contributed by atoms with van der Waals surface area (Å²) >= 11 is 0. The van der Waals surface area contributed by atoms with Gasteiger partial charge in [0.25, 0.3) is 0 Å². The lowest BCUT2D eigenvalue weighted by atomic mass is 9.76. The van der Waals surface area contributed by atoms with Crippen molar-refractivity contribution in [1.82, 2.24) is 10.2 Å². The lowest BCUT2D eigenvalue weighted by Gasteiger charge is -2.43. The van der Waals surface area contributed by atoms with Crippen molar-refractivity contribution in [1.29, 1.82) is 0 Å². The molecule has 0 unspecified atom stereocenters. The van der Waals surface area contributed by atoms with Crippen molar-refractivity contribution in [3.05, 3.63) is 34.9 Å². The molecule has 4 atom stereocenters. The van der Waals surface area contributed by atoms with Gasteiger partial charge >= 0.3 is 0 Å². The van der Waals surface area contributed by atoms with Gasteiger partial charge in [0.05, 0.1) is 32.3 Å². The summed E-state index contributed by atoms with van der Waals surface area (Å²) in [7, 11) is 1.51. The molecule has 1 aromatic rings. The maximum absolute atomic E-state index is 13.8. The molecule has 2 amide bonds. The number of ether oxygens (including phenoxy) is 2. The predicted octanol–water partition coefficient (Wildman–Crippen LogP) is 2.16. The first-order chi connectivity index (χ1) is 18.5. The molecular weight excluding hydrogens is 488 g/mol. The number of methoxy groups -OCH3 is 1. The summed E-state index contributed by atoms with van der Waals surface area (Å²) in [6.45, 7) is -0.336. The van der Waals surface area contributed by atoms with Gasteiger partial charge in [-0.25, -0.2) is 0 Å². The summed E-state index contributed by atoms with van der Waals surface area (Å²) in [5.74, 6) is 0.281. The van der Waals surface area contributed by atoms with Gasteiger partial charge in [-0.05, 0) is 55.4 Å². The molecule has 1 aromatic carbocycles. The number of benzene rings is 1. The molecule has 38 heavy (non-hydrogen) atoms. The standard InChI is InChI=1S/C29H40N2O7/c1-37-23-13-18(16-33)12-20-25-21(29(36)30-10-11-32)15-22(26(35)28(25)38-27(20)23)31(19-8-4-5-9-19)24(34)14-17-6-2-3-7-17/h12-13,15,17,19,22,25-26,28,32-33,35H,2-11,14,16H2,1H3,(H,30,36)/t22-,25+,26+,28+/m1/s1. The first kappa shape index (κ1) is 27.0. The predicted molar refractivity (Wildman–Crippen MR) is 140 cm³/mol. The average molecular weight is 529 g/mol. The van der Waals surface area contributed by atoms with E-state index >= 15 is 0 Å². The van der Waals surface area contributed by atoms with E-state index in [1.54, 1.807) is 18.2 Å². The Balaban J connectivity index is 1.56. The van der Waals surface area contributed by atoms with E-state index in [1.807, 2.05) is 4.90 Å². The van der Waals surface area contributed by atoms with Crippen molar-refractivity contribution in [3.63, 3.8) is 0 Å². The third-order valence-electron chi connectivity index (χ3n) is 8.76. The zero-order valence-electron chi connectivity index (χ0n) is 22.1. The Morgan fingerprint density at radius 2 is 1.82 bits per heavy atom. The number of amides is 2. The molecule has 0 radical (unpaired) electrons. The van der Waals surface area contributed by atoms with Crippen LogP contribution in [0.3, 0.4) is 0 Å². The van der Waals surface area contributed by atoms with Gasteiger partial charge in [0.2, 0.25) is 11.8 Å². The number of hydrogen-bond donors (Lipinski definition) is 4. The molecule has 0 bridgehead atoms. The van der Waals surface area contributed by atoms with Crippen LogP contribution < -0.4 is 14.8 Å². The van der Waals surface area contributed by atoms with Crippen molar-refractivity contribution in [2.24, 2.45) is 5.92 Å². The zero-order chi connectivity index (χ0) is 26.8. The van der Waals surface area contributed by atoms with E-state index in [0.29, 0.717) is 40.5 Å². The summed E-state index contributed by atoms with van der Waals surface area (Å²) in [5, 5.41) is 33.7. The molecule has 0 aromatic heterocycles. The summed E-state index contributed by atoms with van der Waals surface area (Å²) < 4.78 is 11.9. The van der Waals surface area contributed by atoms with E-state index < -0.39 is 24.2 Å². The number of carbonyl (C=O) groups is 2. The highest BCUT2D eigenvalue weighted by Crippen LogP contribution is 2.52. The molecule has 208 valence electrons. The Kier molecular flexibility index (Phi) is 8.26. The van der Waals surface area contributed by atoms with Crippen LogP contribution in [0.15, 0.2) is 23.8 Å². The molecule has 2 fully saturated rings. The van der Waals surface area contributed by atoms with Crippen LogP contribution in [-0.2, 0) is 16.2 Å². The lowest BCUT2D eigenvalue weighted by Crippen LogP contribution is -2.58. The Bertz CT molecular complexity index is 1060. The number of hydrogen-bond acceptors (Lipinski definition) is 7. The first-order valence-corrected chi connectivity index (χ1v) is 14.0. The summed E-state index contributed by atoms with van der Waals surface area (Å²) in [6.07, 6.45) is 8.57. The van der Waals surface area contributed by atoms with Gasteiger partial charge in [0.15, 0.2) is 11.5 Å². The van der Waals surface area contributed by atoms with E-state index in [1.165, 1.54) is 7.11 Å². The monoisotopic (exact) mass is 528 g/mol. The quantitative estimate of drug-likeness (QED) is 0.387. The molecule has 1 aliphatic heterocycles. The number of carbonyl (C=O) groups excluding carboxylic acids is 2. The average Bonchev–Trinajstić information content (AvgIpc) is 3.70. The van der Waals surface area contributed by atoms with Gasteiger partial charge in [-0.1, -0.05) is 25.7 Å². The maximum Gasteiger partial charge on any atom is 0.247 e. The van der Waals surface area contributed by atoms with Crippen molar-refractivity contribution in [2.75, 3.05) is 20.3 Å². The molecule has 1 heterocycles. The first-order valence-electron chi connectivity index (χ1n) is 14.0. The molecule has 4 N–H and O–H groups in total. The summed E-state index contributed by atoms with van der Waals surface area (Å²) in [4.78, 5) is 29.1. The Morgan fingerprint density at radius 1 is 1.11 bits per heavy atom. The van der Waals surface area contributed by atoms with Crippen LogP contribution in [0, 0.1) is 5.92 Å². The number of aliphatic hydroxyl groups is 3. The molecule has 0 saturated heterocycles. The van der Waals surface area contributed by atoms with Gasteiger partial charge in [-0.2, -0.15) is 0 Å². The minimum atomic E-state index is -1.06. The molecule has 5 rings (SSSR count). The smallest absolute Gasteiger partial charge is 0.247 e. The van der Waals surface area contributed by atoms with Crippen molar-refractivity contribution >= 4 is 11.8 Å². The second-order valence-electron chi connectivity index (χ2n) is 11.1. The van der Waals surface area contributed by atoms with Crippen LogP contribution >= 0.6 is 0 Å². The van der Waals surface area contributed by atoms with Crippen LogP contribution in [0.4, 0.5) is 0 Å². The van der Waals surface area contributed by atoms with Crippen LogP contribution in [-0.4, -0.2) is 76.6 Å². The second-order valence-corrected chi connectivity index (χ2v) is 11.1. The van der Waals surface area contributed by atoms with Crippen LogP contribution in [0.5, 0.6) is 11.5 Å². The number of fused-ring (bicyclic) bond motifs is 3. The molecule has 2 saturated carbocycles. The van der Waals surface area contributed by atoms with Crippen molar-refractivity contribution in [2.45, 2.75) is 94.6 Å². The number of nitrogens with zero attached hydrogens (tertiary/aromatic N) is 1. The minimum Gasteiger partial charge on any atom is -0.493 e. The third-order valence-corrected chi connectivity index (χ3v) is 8.76. The fourth-order valence-corrected chi connectivity index (χ4v) is 6.95. The number of rotatable bonds is 9. The SMILES string of the molecule is COc1cc(CO)cc2c1O[C@@H]1[C@@H](O)[C@H](N(C(=O)CC3CCCC3)C3CCCC3)C=C(C(=O)NCCO)[C@H]21. The summed E-state index contributed by atoms with van der Waals surface area (Å²) in [5.41, 5.74) is 1.66. The van der Waals surface area contributed by atoms with Gasteiger partial charge in [-0.15, -0.1) is 0 Å². The largest absolute Gasteiger partial charge is 0.493 e. The van der Waals surface area contributed by atoms with Crippen molar-refractivity contribution in [3.8, 4) is 11.5 Å². The van der Waals surface area contributed by atoms with E-state index in [-0.39, 0.29) is 37.6 Å². The van der Waals surface area contributed by atoms with Gasteiger partial charge in [0, 0.05) is 30.1 Å². The van der Waals surface area contributed by atoms with E-state index in [0.717, 1.165) is 51.4 Å². The Morgan fingerprint density at radius 3 is 2.47 bits per heavy atom. The Labute approximate surface area is 223 Å². The highest BCUT2D eigenvalue weighted by molar-refractivity contribution is 5.96. The van der Waals surface area contributed by atoms with Crippen LogP contribution in [0.25, 0.3) is 0 Å². The fraction of sp³-hybridized carbons (Fsp3) is 0.655. The van der Waals surface area contributed by atoms with E-state index in [2.05, 4.69) is 5.32 Å². The fourth-order valence-electron chi connectivity index (χ4n) is 6.95.